The van der Waals surface area contributed by atoms with E-state index >= 15 is 0 Å². The van der Waals surface area contributed by atoms with Crippen LogP contribution in [0.5, 0.6) is 0 Å². The molecule has 0 aliphatic rings. The van der Waals surface area contributed by atoms with E-state index < -0.39 is 9.58 Å². The average molecular weight is 318 g/mol. The van der Waals surface area contributed by atoms with Crippen LogP contribution in [-0.2, 0) is 0 Å². The van der Waals surface area contributed by atoms with Crippen LogP contribution in [0.1, 0.15) is 29.0 Å². The Morgan fingerprint density at radius 2 is 1.89 bits per heavy atom. The van der Waals surface area contributed by atoms with Gasteiger partial charge < -0.3 is 4.57 Å². The van der Waals surface area contributed by atoms with Gasteiger partial charge in [-0.1, -0.05) is 34.8 Å². The molecule has 19 heavy (non-hydrogen) atoms. The van der Waals surface area contributed by atoms with Crippen molar-refractivity contribution in [3.63, 3.8) is 0 Å². The summed E-state index contributed by atoms with van der Waals surface area (Å²) in [4.78, 5) is 16.0. The van der Waals surface area contributed by atoms with Crippen molar-refractivity contribution in [3.05, 3.63) is 54.1 Å². The van der Waals surface area contributed by atoms with Crippen LogP contribution in [0, 0.1) is 0 Å². The van der Waals surface area contributed by atoms with Crippen LogP contribution < -0.4 is 0 Å². The molecule has 2 rings (SSSR count). The Balaban J connectivity index is 2.38. The van der Waals surface area contributed by atoms with Crippen LogP contribution in [-0.4, -0.2) is 19.1 Å². The monoisotopic (exact) mass is 316 g/mol. The number of carbonyl (C=O) groups is 1. The Morgan fingerprint density at radius 1 is 1.26 bits per heavy atom. The Bertz CT molecular complexity index is 575. The van der Waals surface area contributed by atoms with Gasteiger partial charge in [-0.15, -0.1) is 0 Å². The van der Waals surface area contributed by atoms with E-state index in [1.54, 1.807) is 35.3 Å². The second-order valence-corrected chi connectivity index (χ2v) is 6.37. The summed E-state index contributed by atoms with van der Waals surface area (Å²) in [6, 6.07) is 7.11. The zero-order valence-corrected chi connectivity index (χ0v) is 12.3. The van der Waals surface area contributed by atoms with Gasteiger partial charge in [0.1, 0.15) is 0 Å². The number of ketones is 1. The minimum absolute atomic E-state index is 0.0516. The van der Waals surface area contributed by atoms with Crippen LogP contribution in [0.4, 0.5) is 0 Å². The first-order valence-corrected chi connectivity index (χ1v) is 6.73. The molecule has 1 atom stereocenters. The van der Waals surface area contributed by atoms with E-state index in [4.69, 9.17) is 34.8 Å². The first kappa shape index (κ1) is 14.4. The molecule has 2 aromatic heterocycles. The van der Waals surface area contributed by atoms with E-state index in [1.807, 2.05) is 19.1 Å². The zero-order chi connectivity index (χ0) is 14.0. The van der Waals surface area contributed by atoms with Crippen molar-refractivity contribution in [2.24, 2.45) is 0 Å². The van der Waals surface area contributed by atoms with Crippen LogP contribution in [0.2, 0.25) is 0 Å². The third-order valence-electron chi connectivity index (χ3n) is 2.87. The van der Waals surface area contributed by atoms with E-state index in [0.717, 1.165) is 5.56 Å². The highest BCUT2D eigenvalue weighted by atomic mass is 35.6. The van der Waals surface area contributed by atoms with Gasteiger partial charge in [-0.25, -0.2) is 0 Å². The molecule has 1 unspecified atom stereocenters. The van der Waals surface area contributed by atoms with Crippen molar-refractivity contribution < 1.29 is 4.79 Å². The molecule has 0 fully saturated rings. The molecule has 0 aliphatic carbocycles. The van der Waals surface area contributed by atoms with Crippen molar-refractivity contribution in [2.75, 3.05) is 0 Å². The maximum Gasteiger partial charge on any atom is 0.255 e. The molecule has 0 aromatic carbocycles. The minimum Gasteiger partial charge on any atom is -0.338 e. The second-order valence-electron chi connectivity index (χ2n) is 4.08. The quantitative estimate of drug-likeness (QED) is 0.632. The predicted octanol–water partition coefficient (Wildman–Crippen LogP) is 4.05. The Labute approximate surface area is 126 Å². The summed E-state index contributed by atoms with van der Waals surface area (Å²) in [5, 5.41) is 0. The molecule has 0 saturated carbocycles. The number of Topliss-reactive ketones (excluding diaryl/α,β-unsaturated/α-hetero) is 1. The van der Waals surface area contributed by atoms with Gasteiger partial charge in [0.15, 0.2) is 0 Å². The fourth-order valence-electron chi connectivity index (χ4n) is 1.87. The first-order valence-electron chi connectivity index (χ1n) is 5.59. The summed E-state index contributed by atoms with van der Waals surface area (Å²) < 4.78 is -0.173. The van der Waals surface area contributed by atoms with Crippen LogP contribution >= 0.6 is 34.8 Å². The van der Waals surface area contributed by atoms with Crippen molar-refractivity contribution >= 4 is 40.6 Å². The van der Waals surface area contributed by atoms with Crippen LogP contribution in [0.3, 0.4) is 0 Å². The molecular formula is C13H11Cl3N2O. The van der Waals surface area contributed by atoms with Gasteiger partial charge in [0.05, 0.1) is 11.7 Å². The minimum atomic E-state index is -1.95. The maximum atomic E-state index is 12.1. The molecule has 0 saturated heterocycles. The fourth-order valence-corrected chi connectivity index (χ4v) is 2.16. The average Bonchev–Trinajstić information content (AvgIpc) is 2.85. The van der Waals surface area contributed by atoms with Gasteiger partial charge in [0, 0.05) is 18.6 Å². The molecule has 0 bridgehead atoms. The Morgan fingerprint density at radius 3 is 2.47 bits per heavy atom. The predicted molar refractivity (Wildman–Crippen MR) is 77.1 cm³/mol. The normalized spacial score (nSPS) is 13.3. The topological polar surface area (TPSA) is 34.9 Å². The maximum absolute atomic E-state index is 12.1. The summed E-state index contributed by atoms with van der Waals surface area (Å²) in [6.45, 7) is 1.96. The van der Waals surface area contributed by atoms with Gasteiger partial charge in [0.25, 0.3) is 3.79 Å². The molecular weight excluding hydrogens is 307 g/mol. The van der Waals surface area contributed by atoms with E-state index in [-0.39, 0.29) is 6.04 Å². The highest BCUT2D eigenvalue weighted by Crippen LogP contribution is 2.32. The van der Waals surface area contributed by atoms with Gasteiger partial charge >= 0.3 is 0 Å². The van der Waals surface area contributed by atoms with E-state index in [0.29, 0.717) is 5.69 Å². The molecule has 3 nitrogen and oxygen atoms in total. The molecule has 6 heteroatoms. The van der Waals surface area contributed by atoms with Crippen molar-refractivity contribution in [3.8, 4) is 0 Å². The second kappa shape index (κ2) is 5.53. The lowest BCUT2D eigenvalue weighted by molar-refractivity contribution is 0.0986. The molecule has 0 spiro atoms. The molecule has 0 amide bonds. The van der Waals surface area contributed by atoms with Gasteiger partial charge in [-0.2, -0.15) is 0 Å². The summed E-state index contributed by atoms with van der Waals surface area (Å²) in [7, 11) is 0. The third kappa shape index (κ3) is 3.11. The summed E-state index contributed by atoms with van der Waals surface area (Å²) in [6.07, 6.45) is 5.19. The zero-order valence-electron chi connectivity index (χ0n) is 10.1. The van der Waals surface area contributed by atoms with E-state index in [9.17, 15) is 4.79 Å². The Kier molecular flexibility index (Phi) is 4.19. The summed E-state index contributed by atoms with van der Waals surface area (Å²) >= 11 is 17.0. The largest absolute Gasteiger partial charge is 0.338 e. The van der Waals surface area contributed by atoms with Crippen LogP contribution in [0.15, 0.2) is 42.9 Å². The van der Waals surface area contributed by atoms with Crippen LogP contribution in [0.25, 0.3) is 0 Å². The van der Waals surface area contributed by atoms with E-state index in [2.05, 4.69) is 4.98 Å². The lowest BCUT2D eigenvalue weighted by Crippen LogP contribution is -2.23. The number of aromatic nitrogens is 2. The first-order chi connectivity index (χ1) is 8.91. The molecule has 2 aromatic rings. The fraction of sp³-hybridized carbons (Fsp3) is 0.231. The number of rotatable bonds is 3. The SMILES string of the molecule is CC(c1ccncc1)n1cccc1C(=O)C(Cl)(Cl)Cl. The molecule has 100 valence electrons. The smallest absolute Gasteiger partial charge is 0.255 e. The Hall–Kier alpha value is -1.03. The number of hydrogen-bond acceptors (Lipinski definition) is 2. The molecule has 0 radical (unpaired) electrons. The standard InChI is InChI=1S/C13H11Cl3N2O/c1-9(10-4-6-17-7-5-10)18-8-2-3-11(18)12(19)13(14,15)16/h2-9H,1H3. The van der Waals surface area contributed by atoms with Crippen molar-refractivity contribution in [2.45, 2.75) is 16.8 Å². The number of carbonyl (C=O) groups excluding carboxylic acids is 1. The number of hydrogen-bond donors (Lipinski definition) is 0. The van der Waals surface area contributed by atoms with Gasteiger partial charge in [0.2, 0.25) is 5.78 Å². The van der Waals surface area contributed by atoms with Gasteiger partial charge in [-0.3, -0.25) is 9.78 Å². The highest BCUT2D eigenvalue weighted by molar-refractivity contribution is 6.77. The highest BCUT2D eigenvalue weighted by Gasteiger charge is 2.34. The molecule has 2 heterocycles. The van der Waals surface area contributed by atoms with Crippen molar-refractivity contribution in [1.82, 2.24) is 9.55 Å². The number of alkyl halides is 3. The lowest BCUT2D eigenvalue weighted by Gasteiger charge is -2.19. The van der Waals surface area contributed by atoms with E-state index in [1.165, 1.54) is 0 Å². The molecule has 0 N–H and O–H groups in total. The summed E-state index contributed by atoms with van der Waals surface area (Å²) in [5.41, 5.74) is 1.38. The molecule has 0 aliphatic heterocycles. The number of pyridine rings is 1. The number of halogens is 3. The number of nitrogens with zero attached hydrogens (tertiary/aromatic N) is 2. The van der Waals surface area contributed by atoms with Crippen molar-refractivity contribution in [1.29, 1.82) is 0 Å². The lowest BCUT2D eigenvalue weighted by atomic mass is 10.1. The van der Waals surface area contributed by atoms with Gasteiger partial charge in [-0.05, 0) is 36.8 Å². The third-order valence-corrected chi connectivity index (χ3v) is 3.39. The summed E-state index contributed by atoms with van der Waals surface area (Å²) in [5.74, 6) is -0.539.